The molecule has 0 unspecified atom stereocenters. The highest BCUT2D eigenvalue weighted by Crippen LogP contribution is 2.26. The molecule has 11 heavy (non-hydrogen) atoms. The van der Waals surface area contributed by atoms with Gasteiger partial charge in [-0.2, -0.15) is 13.2 Å². The average molecular weight is 164 g/mol. The first-order valence-corrected chi connectivity index (χ1v) is 2.61. The molecule has 0 fully saturated rings. The summed E-state index contributed by atoms with van der Waals surface area (Å²) in [4.78, 5) is 2.72. The van der Waals surface area contributed by atoms with Crippen LogP contribution in [0.15, 0.2) is 12.1 Å². The molecule has 0 saturated carbocycles. The Hall–Kier alpha value is -1.13. The molecule has 0 N–H and O–H groups in total. The summed E-state index contributed by atoms with van der Waals surface area (Å²) in [6.45, 7) is 0. The average Bonchev–Trinajstić information content (AvgIpc) is 1.86. The van der Waals surface area contributed by atoms with E-state index in [2.05, 4.69) is 4.98 Å². The van der Waals surface area contributed by atoms with Crippen LogP contribution in [0, 0.1) is 12.0 Å². The van der Waals surface area contributed by atoms with Crippen LogP contribution in [0.5, 0.6) is 0 Å². The van der Waals surface area contributed by atoms with Crippen LogP contribution in [0.2, 0.25) is 0 Å². The Morgan fingerprint density at radius 2 is 1.91 bits per heavy atom. The fourth-order valence-corrected chi connectivity index (χ4v) is 0.498. The normalized spacial score (nSPS) is 11.6. The van der Waals surface area contributed by atoms with E-state index in [0.29, 0.717) is 12.1 Å². The largest absolute Gasteiger partial charge is 0.433 e. The Morgan fingerprint density at radius 3 is 2.27 bits per heavy atom. The zero-order valence-electron chi connectivity index (χ0n) is 5.11. The first-order chi connectivity index (χ1) is 5.00. The van der Waals surface area contributed by atoms with Gasteiger partial charge < -0.3 is 0 Å². The first kappa shape index (κ1) is 7.97. The lowest BCUT2D eigenvalue weighted by Crippen LogP contribution is -2.07. The number of alkyl halides is 3. The lowest BCUT2D eigenvalue weighted by Gasteiger charge is -2.02. The highest BCUT2D eigenvalue weighted by Gasteiger charge is 2.32. The molecule has 1 heterocycles. The van der Waals surface area contributed by atoms with Gasteiger partial charge in [0.15, 0.2) is 5.82 Å². The topological polar surface area (TPSA) is 12.9 Å². The number of hydrogen-bond donors (Lipinski definition) is 0. The molecule has 1 radical (unpaired) electrons. The molecule has 0 saturated heterocycles. The molecule has 0 atom stereocenters. The predicted octanol–water partition coefficient (Wildman–Crippen LogP) is 2.04. The van der Waals surface area contributed by atoms with Gasteiger partial charge in [-0.3, -0.25) is 0 Å². The maximum Gasteiger partial charge on any atom is 0.433 e. The van der Waals surface area contributed by atoms with Gasteiger partial charge in [-0.05, 0) is 12.1 Å². The molecule has 1 nitrogen and oxygen atoms in total. The number of nitrogens with zero attached hydrogens (tertiary/aromatic N) is 1. The summed E-state index contributed by atoms with van der Waals surface area (Å²) in [7, 11) is 0. The molecule has 0 aliphatic rings. The Labute approximate surface area is 59.7 Å². The standard InChI is InChI=1S/C6H2F4N/c7-4-1-2-5(11-3-4)6(8,9)10/h1-2H. The Balaban J connectivity index is 2.99. The Morgan fingerprint density at radius 1 is 1.27 bits per heavy atom. The van der Waals surface area contributed by atoms with Crippen LogP contribution in [0.1, 0.15) is 5.69 Å². The van der Waals surface area contributed by atoms with Gasteiger partial charge in [-0.15, -0.1) is 0 Å². The van der Waals surface area contributed by atoms with Gasteiger partial charge in [-0.1, -0.05) is 0 Å². The second-order valence-electron chi connectivity index (χ2n) is 1.79. The first-order valence-electron chi connectivity index (χ1n) is 2.61. The van der Waals surface area contributed by atoms with Crippen LogP contribution in [0.25, 0.3) is 0 Å². The maximum absolute atomic E-state index is 12.0. The van der Waals surface area contributed by atoms with Gasteiger partial charge in [0.2, 0.25) is 0 Å². The Kier molecular flexibility index (Phi) is 1.80. The third-order valence-electron chi connectivity index (χ3n) is 0.961. The van der Waals surface area contributed by atoms with Crippen LogP contribution in [-0.4, -0.2) is 4.98 Å². The van der Waals surface area contributed by atoms with Gasteiger partial charge >= 0.3 is 6.18 Å². The van der Waals surface area contributed by atoms with E-state index in [1.165, 1.54) is 0 Å². The van der Waals surface area contributed by atoms with Crippen molar-refractivity contribution in [2.24, 2.45) is 0 Å². The van der Waals surface area contributed by atoms with Gasteiger partial charge in [0.1, 0.15) is 11.9 Å². The summed E-state index contributed by atoms with van der Waals surface area (Å²) in [5, 5.41) is 0. The number of rotatable bonds is 0. The van der Waals surface area contributed by atoms with Crippen molar-refractivity contribution in [3.63, 3.8) is 0 Å². The minimum atomic E-state index is -4.52. The van der Waals surface area contributed by atoms with Crippen LogP contribution in [0.4, 0.5) is 17.6 Å². The van der Waals surface area contributed by atoms with Gasteiger partial charge in [0.05, 0.1) is 0 Å². The molecule has 1 rings (SSSR count). The van der Waals surface area contributed by atoms with E-state index in [9.17, 15) is 17.6 Å². The summed E-state index contributed by atoms with van der Waals surface area (Å²) >= 11 is 0. The lowest BCUT2D eigenvalue weighted by atomic mass is 10.3. The minimum absolute atomic E-state index is 0.561. The van der Waals surface area contributed by atoms with Crippen molar-refractivity contribution in [3.05, 3.63) is 29.8 Å². The molecule has 0 amide bonds. The molecule has 59 valence electrons. The van der Waals surface area contributed by atoms with Crippen molar-refractivity contribution in [2.45, 2.75) is 6.18 Å². The van der Waals surface area contributed by atoms with Crippen LogP contribution in [0.3, 0.4) is 0 Å². The van der Waals surface area contributed by atoms with Crippen molar-refractivity contribution in [1.29, 1.82) is 0 Å². The van der Waals surface area contributed by atoms with E-state index in [1.807, 2.05) is 0 Å². The smallest absolute Gasteiger partial charge is 0.238 e. The fourth-order valence-electron chi connectivity index (χ4n) is 0.498. The van der Waals surface area contributed by atoms with E-state index in [4.69, 9.17) is 0 Å². The van der Waals surface area contributed by atoms with Crippen molar-refractivity contribution in [1.82, 2.24) is 4.98 Å². The van der Waals surface area contributed by atoms with Crippen LogP contribution in [-0.2, 0) is 6.18 Å². The van der Waals surface area contributed by atoms with Crippen molar-refractivity contribution >= 4 is 0 Å². The molecular weight excluding hydrogens is 162 g/mol. The van der Waals surface area contributed by atoms with Crippen LogP contribution < -0.4 is 0 Å². The highest BCUT2D eigenvalue weighted by molar-refractivity contribution is 5.07. The predicted molar refractivity (Wildman–Crippen MR) is 28.0 cm³/mol. The third-order valence-corrected chi connectivity index (χ3v) is 0.961. The summed E-state index contributed by atoms with van der Waals surface area (Å²) in [5.74, 6) is -0.905. The van der Waals surface area contributed by atoms with E-state index < -0.39 is 17.7 Å². The maximum atomic E-state index is 12.0. The molecule has 1 aromatic heterocycles. The van der Waals surface area contributed by atoms with E-state index >= 15 is 0 Å². The monoisotopic (exact) mass is 164 g/mol. The van der Waals surface area contributed by atoms with Crippen molar-refractivity contribution in [2.75, 3.05) is 0 Å². The summed E-state index contributed by atoms with van der Waals surface area (Å²) in [6, 6.07) is 1.22. The number of halogens is 4. The SMILES string of the molecule is Fc1[c]nc(C(F)(F)F)cc1. The van der Waals surface area contributed by atoms with Crippen molar-refractivity contribution in [3.8, 4) is 0 Å². The third kappa shape index (κ3) is 1.89. The molecule has 1 aromatic rings. The molecule has 0 bridgehead atoms. The lowest BCUT2D eigenvalue weighted by molar-refractivity contribution is -0.141. The summed E-state index contributed by atoms with van der Waals surface area (Å²) in [6.07, 6.45) is -2.95. The molecule has 0 aliphatic heterocycles. The highest BCUT2D eigenvalue weighted by atomic mass is 19.4. The molecule has 0 spiro atoms. The Bertz CT molecular complexity index is 238. The molecular formula is C6H2F4N. The van der Waals surface area contributed by atoms with Gasteiger partial charge in [0.25, 0.3) is 0 Å². The number of aromatic nitrogens is 1. The van der Waals surface area contributed by atoms with Gasteiger partial charge in [-0.25, -0.2) is 9.37 Å². The number of pyridine rings is 1. The molecule has 0 aromatic carbocycles. The van der Waals surface area contributed by atoms with E-state index in [-0.39, 0.29) is 0 Å². The minimum Gasteiger partial charge on any atom is -0.238 e. The van der Waals surface area contributed by atoms with E-state index in [1.54, 1.807) is 6.20 Å². The van der Waals surface area contributed by atoms with Crippen LogP contribution >= 0.6 is 0 Å². The second kappa shape index (κ2) is 2.48. The van der Waals surface area contributed by atoms with Crippen molar-refractivity contribution < 1.29 is 17.6 Å². The summed E-state index contributed by atoms with van der Waals surface area (Å²) in [5.41, 5.74) is -1.14. The zero-order valence-corrected chi connectivity index (χ0v) is 5.11. The zero-order chi connectivity index (χ0) is 8.48. The fraction of sp³-hybridized carbons (Fsp3) is 0.167. The quantitative estimate of drug-likeness (QED) is 0.534. The second-order valence-corrected chi connectivity index (χ2v) is 1.79. The number of hydrogen-bond acceptors (Lipinski definition) is 1. The van der Waals surface area contributed by atoms with Gasteiger partial charge in [0, 0.05) is 0 Å². The summed E-state index contributed by atoms with van der Waals surface area (Å²) < 4.78 is 47.1. The van der Waals surface area contributed by atoms with E-state index in [0.717, 1.165) is 0 Å². The molecule has 5 heteroatoms. The molecule has 0 aliphatic carbocycles.